The second-order valence-corrected chi connectivity index (χ2v) is 3.26. The van der Waals surface area contributed by atoms with E-state index in [0.717, 1.165) is 6.20 Å². The molecule has 0 saturated carbocycles. The van der Waals surface area contributed by atoms with E-state index in [1.54, 1.807) is 0 Å². The zero-order chi connectivity index (χ0) is 13.1. The molecule has 0 aliphatic rings. The number of nitrogens with zero attached hydrogens (tertiary/aromatic N) is 2. The molecule has 2 N–H and O–H groups in total. The number of nitriles is 1. The van der Waals surface area contributed by atoms with Gasteiger partial charge in [0, 0.05) is 0 Å². The van der Waals surface area contributed by atoms with Gasteiger partial charge in [-0.15, -0.1) is 0 Å². The standard InChI is InChI=1S/C6H15N.C5H2FN3O/c1-3-5-7-6-4-2;6-4-2-8-5(10)3(1-7)9-4/h7H,3-6H2,1-2H3;2H,(H,8,10). The van der Waals surface area contributed by atoms with Crippen LogP contribution in [0.5, 0.6) is 0 Å². The van der Waals surface area contributed by atoms with E-state index in [0.29, 0.717) is 0 Å². The Morgan fingerprint density at radius 3 is 2.47 bits per heavy atom. The van der Waals surface area contributed by atoms with Crippen molar-refractivity contribution in [3.05, 3.63) is 28.2 Å². The van der Waals surface area contributed by atoms with Crippen molar-refractivity contribution in [2.75, 3.05) is 13.1 Å². The van der Waals surface area contributed by atoms with Crippen molar-refractivity contribution in [3.63, 3.8) is 0 Å². The molecule has 0 bridgehead atoms. The lowest BCUT2D eigenvalue weighted by Gasteiger charge is -1.95. The molecule has 1 aromatic heterocycles. The number of rotatable bonds is 4. The molecule has 17 heavy (non-hydrogen) atoms. The molecule has 94 valence electrons. The van der Waals surface area contributed by atoms with Crippen LogP contribution in [0.15, 0.2) is 11.0 Å². The first-order chi connectivity index (χ1) is 8.15. The van der Waals surface area contributed by atoms with E-state index < -0.39 is 17.2 Å². The molecule has 0 radical (unpaired) electrons. The highest BCUT2D eigenvalue weighted by molar-refractivity contribution is 5.14. The van der Waals surface area contributed by atoms with Crippen molar-refractivity contribution in [1.29, 1.82) is 5.26 Å². The number of hydrogen-bond acceptors (Lipinski definition) is 4. The Labute approximate surface area is 99.7 Å². The Hall–Kier alpha value is -1.74. The maximum Gasteiger partial charge on any atom is 0.284 e. The van der Waals surface area contributed by atoms with Gasteiger partial charge in [-0.3, -0.25) is 4.79 Å². The number of halogens is 1. The highest BCUT2D eigenvalue weighted by Crippen LogP contribution is 1.85. The molecular formula is C11H17FN4O. The van der Waals surface area contributed by atoms with Crippen LogP contribution in [0, 0.1) is 17.3 Å². The van der Waals surface area contributed by atoms with E-state index in [-0.39, 0.29) is 0 Å². The summed E-state index contributed by atoms with van der Waals surface area (Å²) in [5, 5.41) is 11.4. The summed E-state index contributed by atoms with van der Waals surface area (Å²) in [5.41, 5.74) is -1.14. The van der Waals surface area contributed by atoms with E-state index in [4.69, 9.17) is 5.26 Å². The lowest BCUT2D eigenvalue weighted by molar-refractivity contribution is 0.572. The quantitative estimate of drug-likeness (QED) is 0.774. The van der Waals surface area contributed by atoms with Crippen LogP contribution in [0.1, 0.15) is 32.4 Å². The number of aromatic amines is 1. The second-order valence-electron chi connectivity index (χ2n) is 3.26. The number of aromatic nitrogens is 2. The van der Waals surface area contributed by atoms with E-state index >= 15 is 0 Å². The van der Waals surface area contributed by atoms with Crippen molar-refractivity contribution in [1.82, 2.24) is 15.3 Å². The second kappa shape index (κ2) is 9.48. The smallest absolute Gasteiger partial charge is 0.284 e. The summed E-state index contributed by atoms with van der Waals surface area (Å²) in [4.78, 5) is 15.5. The lowest BCUT2D eigenvalue weighted by atomic mass is 10.4. The zero-order valence-electron chi connectivity index (χ0n) is 10.1. The predicted molar refractivity (Wildman–Crippen MR) is 63.0 cm³/mol. The molecular weight excluding hydrogens is 223 g/mol. The van der Waals surface area contributed by atoms with Crippen LogP contribution in [0.2, 0.25) is 0 Å². The Bertz CT molecular complexity index is 407. The van der Waals surface area contributed by atoms with Gasteiger partial charge in [-0.25, -0.2) is 4.98 Å². The summed E-state index contributed by atoms with van der Waals surface area (Å²) in [6.45, 7) is 6.72. The summed E-state index contributed by atoms with van der Waals surface area (Å²) in [6.07, 6.45) is 3.29. The molecule has 0 aliphatic heterocycles. The Morgan fingerprint density at radius 2 is 2.06 bits per heavy atom. The fourth-order valence-corrected chi connectivity index (χ4v) is 0.938. The normalized spacial score (nSPS) is 9.06. The average molecular weight is 240 g/mol. The van der Waals surface area contributed by atoms with Crippen molar-refractivity contribution >= 4 is 0 Å². The molecule has 0 spiro atoms. The summed E-state index contributed by atoms with van der Waals surface area (Å²) >= 11 is 0. The van der Waals surface area contributed by atoms with Gasteiger partial charge in [0.1, 0.15) is 6.07 Å². The van der Waals surface area contributed by atoms with Crippen molar-refractivity contribution < 1.29 is 4.39 Å². The number of nitrogens with one attached hydrogen (secondary N) is 2. The van der Waals surface area contributed by atoms with Gasteiger partial charge < -0.3 is 10.3 Å². The summed E-state index contributed by atoms with van der Waals surface area (Å²) < 4.78 is 12.1. The summed E-state index contributed by atoms with van der Waals surface area (Å²) in [6, 6.07) is 1.44. The summed E-state index contributed by atoms with van der Waals surface area (Å²) in [7, 11) is 0. The Morgan fingerprint density at radius 1 is 1.47 bits per heavy atom. The van der Waals surface area contributed by atoms with E-state index in [1.165, 1.54) is 32.0 Å². The first-order valence-electron chi connectivity index (χ1n) is 5.51. The van der Waals surface area contributed by atoms with Crippen molar-refractivity contribution in [2.24, 2.45) is 0 Å². The average Bonchev–Trinajstić information content (AvgIpc) is 2.34. The fraction of sp³-hybridized carbons (Fsp3) is 0.545. The van der Waals surface area contributed by atoms with Crippen LogP contribution < -0.4 is 10.9 Å². The van der Waals surface area contributed by atoms with E-state index in [9.17, 15) is 9.18 Å². The lowest BCUT2D eigenvalue weighted by Crippen LogP contribution is -2.14. The maximum atomic E-state index is 12.1. The number of hydrogen-bond donors (Lipinski definition) is 2. The van der Waals surface area contributed by atoms with Crippen LogP contribution in [-0.4, -0.2) is 23.1 Å². The molecule has 0 aliphatic carbocycles. The molecule has 0 atom stereocenters. The van der Waals surface area contributed by atoms with Gasteiger partial charge in [0.15, 0.2) is 0 Å². The SMILES string of the molecule is CCCNCCC.N#Cc1nc(F)c[nH]c1=O. The highest BCUT2D eigenvalue weighted by Gasteiger charge is 1.99. The molecule has 1 rings (SSSR count). The number of H-pyrrole nitrogens is 1. The third-order valence-corrected chi connectivity index (χ3v) is 1.72. The highest BCUT2D eigenvalue weighted by atomic mass is 19.1. The van der Waals surface area contributed by atoms with Crippen LogP contribution in [0.4, 0.5) is 4.39 Å². The first kappa shape index (κ1) is 15.3. The van der Waals surface area contributed by atoms with Crippen molar-refractivity contribution in [3.8, 4) is 6.07 Å². The molecule has 0 aromatic carbocycles. The predicted octanol–water partition coefficient (Wildman–Crippen LogP) is 1.18. The van der Waals surface area contributed by atoms with Gasteiger partial charge in [0.2, 0.25) is 11.6 Å². The van der Waals surface area contributed by atoms with Gasteiger partial charge in [0.25, 0.3) is 5.56 Å². The van der Waals surface area contributed by atoms with Crippen LogP contribution in [0.3, 0.4) is 0 Å². The maximum absolute atomic E-state index is 12.1. The zero-order valence-corrected chi connectivity index (χ0v) is 10.1. The van der Waals surface area contributed by atoms with Crippen LogP contribution >= 0.6 is 0 Å². The molecule has 0 saturated heterocycles. The topological polar surface area (TPSA) is 81.6 Å². The van der Waals surface area contributed by atoms with E-state index in [1.807, 2.05) is 4.98 Å². The van der Waals surface area contributed by atoms with Crippen molar-refractivity contribution in [2.45, 2.75) is 26.7 Å². The first-order valence-corrected chi connectivity index (χ1v) is 5.51. The van der Waals surface area contributed by atoms with Gasteiger partial charge in [-0.1, -0.05) is 13.8 Å². The molecule has 1 aromatic rings. The third-order valence-electron chi connectivity index (χ3n) is 1.72. The monoisotopic (exact) mass is 240 g/mol. The minimum atomic E-state index is -0.865. The minimum Gasteiger partial charge on any atom is -0.322 e. The van der Waals surface area contributed by atoms with Gasteiger partial charge in [-0.2, -0.15) is 9.65 Å². The van der Waals surface area contributed by atoms with Gasteiger partial charge in [0.05, 0.1) is 6.20 Å². The fourth-order valence-electron chi connectivity index (χ4n) is 0.938. The molecule has 0 unspecified atom stereocenters. The molecule has 1 heterocycles. The minimum absolute atomic E-state index is 0.458. The Balaban J connectivity index is 0.000000325. The molecule has 5 nitrogen and oxygen atoms in total. The third kappa shape index (κ3) is 7.19. The van der Waals surface area contributed by atoms with E-state index in [2.05, 4.69) is 24.1 Å². The Kier molecular flexibility index (Phi) is 8.51. The summed E-state index contributed by atoms with van der Waals surface area (Å²) in [5.74, 6) is -0.865. The largest absolute Gasteiger partial charge is 0.322 e. The molecule has 0 fully saturated rings. The van der Waals surface area contributed by atoms with Crippen LogP contribution in [0.25, 0.3) is 0 Å². The molecule has 6 heteroatoms. The van der Waals surface area contributed by atoms with Gasteiger partial charge >= 0.3 is 0 Å². The van der Waals surface area contributed by atoms with Gasteiger partial charge in [-0.05, 0) is 25.9 Å². The van der Waals surface area contributed by atoms with Crippen LogP contribution in [-0.2, 0) is 0 Å². The molecule has 0 amide bonds.